The van der Waals surface area contributed by atoms with E-state index in [0.717, 1.165) is 29.3 Å². The number of carboxylic acid groups (broad SMARTS) is 1. The number of benzene rings is 1. The summed E-state index contributed by atoms with van der Waals surface area (Å²) in [5, 5.41) is 9.67. The van der Waals surface area contributed by atoms with Crippen molar-refractivity contribution in [2.75, 3.05) is 13.2 Å². The van der Waals surface area contributed by atoms with Crippen molar-refractivity contribution in [3.63, 3.8) is 0 Å². The Morgan fingerprint density at radius 3 is 2.56 bits per heavy atom. The molecule has 27 heavy (non-hydrogen) atoms. The summed E-state index contributed by atoms with van der Waals surface area (Å²) in [5.41, 5.74) is 8.18. The number of alkyl halides is 3. The third kappa shape index (κ3) is 5.69. The normalized spacial score (nSPS) is 15.8. The second-order valence-corrected chi connectivity index (χ2v) is 5.95. The third-order valence-electron chi connectivity index (χ3n) is 3.92. The number of nitrogens with zero attached hydrogens (tertiary/aromatic N) is 1. The third-order valence-corrected chi connectivity index (χ3v) is 3.92. The molecule has 0 aliphatic carbocycles. The van der Waals surface area contributed by atoms with Gasteiger partial charge in [-0.15, -0.1) is 0 Å². The molecule has 1 aromatic heterocycles. The van der Waals surface area contributed by atoms with E-state index in [4.69, 9.17) is 20.5 Å². The van der Waals surface area contributed by atoms with Gasteiger partial charge in [-0.3, -0.25) is 9.63 Å². The minimum atomic E-state index is -5.08. The van der Waals surface area contributed by atoms with Gasteiger partial charge in [0.05, 0.1) is 12.6 Å². The summed E-state index contributed by atoms with van der Waals surface area (Å²) in [5.74, 6) is -2.89. The monoisotopic (exact) mass is 387 g/mol. The molecule has 1 atom stereocenters. The van der Waals surface area contributed by atoms with Gasteiger partial charge < -0.3 is 15.8 Å². The predicted molar refractivity (Wildman–Crippen MR) is 90.6 cm³/mol. The number of aromatic amines is 1. The highest BCUT2D eigenvalue weighted by Gasteiger charge is 2.38. The fourth-order valence-electron chi connectivity index (χ4n) is 2.58. The number of amides is 1. The number of halogens is 3. The summed E-state index contributed by atoms with van der Waals surface area (Å²) in [7, 11) is 0. The lowest BCUT2D eigenvalue weighted by atomic mass is 10.0. The van der Waals surface area contributed by atoms with Crippen LogP contribution < -0.4 is 5.73 Å². The Labute approximate surface area is 152 Å². The van der Waals surface area contributed by atoms with Gasteiger partial charge in [0.2, 0.25) is 0 Å². The first kappa shape index (κ1) is 20.7. The average Bonchev–Trinajstić information content (AvgIpc) is 3.04. The molecular formula is C17H20F3N3O4. The number of hydroxylamine groups is 2. The molecule has 1 unspecified atom stereocenters. The standard InChI is InChI=1S/C15H19N3O2.C2HF3O2/c16-13(15(19)18-7-3-4-8-20-18)9-11-10-17-14-6-2-1-5-12(11)14;3-2(4,5)1(6)7/h1-2,5-6,10,13,17H,3-4,7-9,16H2;(H,6,7). The molecule has 1 aliphatic rings. The molecule has 0 spiro atoms. The highest BCUT2D eigenvalue weighted by atomic mass is 19.4. The van der Waals surface area contributed by atoms with Gasteiger partial charge in [0.25, 0.3) is 5.91 Å². The summed E-state index contributed by atoms with van der Waals surface area (Å²) in [6, 6.07) is 7.46. The molecule has 1 saturated heterocycles. The fraction of sp³-hybridized carbons (Fsp3) is 0.412. The van der Waals surface area contributed by atoms with Gasteiger partial charge >= 0.3 is 12.1 Å². The molecule has 2 aromatic rings. The van der Waals surface area contributed by atoms with Gasteiger partial charge in [-0.05, 0) is 30.9 Å². The molecule has 148 valence electrons. The van der Waals surface area contributed by atoms with Gasteiger partial charge in [0, 0.05) is 23.6 Å². The van der Waals surface area contributed by atoms with Crippen molar-refractivity contribution < 1.29 is 32.7 Å². The second kappa shape index (κ2) is 8.87. The maximum atomic E-state index is 12.2. The van der Waals surface area contributed by atoms with Crippen LogP contribution in [-0.4, -0.2) is 52.4 Å². The number of rotatable bonds is 3. The SMILES string of the molecule is NC(Cc1c[nH]c2ccccc12)C(=O)N1CCCCO1.O=C(O)C(F)(F)F. The van der Waals surface area contributed by atoms with Gasteiger partial charge in [-0.2, -0.15) is 13.2 Å². The predicted octanol–water partition coefficient (Wildman–Crippen LogP) is 2.23. The van der Waals surface area contributed by atoms with Crippen molar-refractivity contribution in [3.05, 3.63) is 36.0 Å². The smallest absolute Gasteiger partial charge is 0.475 e. The number of aliphatic carboxylic acids is 1. The van der Waals surface area contributed by atoms with Crippen LogP contribution in [0.4, 0.5) is 13.2 Å². The van der Waals surface area contributed by atoms with E-state index in [-0.39, 0.29) is 5.91 Å². The van der Waals surface area contributed by atoms with Crippen molar-refractivity contribution in [3.8, 4) is 0 Å². The van der Waals surface area contributed by atoms with Gasteiger partial charge in [0.1, 0.15) is 0 Å². The number of para-hydroxylation sites is 1. The Hall–Kier alpha value is -2.59. The molecule has 2 heterocycles. The number of H-pyrrole nitrogens is 1. The number of hydrogen-bond acceptors (Lipinski definition) is 4. The van der Waals surface area contributed by atoms with Crippen LogP contribution in [0.2, 0.25) is 0 Å². The molecule has 1 aliphatic heterocycles. The van der Waals surface area contributed by atoms with E-state index >= 15 is 0 Å². The van der Waals surface area contributed by atoms with E-state index < -0.39 is 18.2 Å². The Balaban J connectivity index is 0.000000321. The maximum absolute atomic E-state index is 12.2. The van der Waals surface area contributed by atoms with Crippen LogP contribution in [0.5, 0.6) is 0 Å². The number of nitrogens with two attached hydrogens (primary N) is 1. The number of aromatic nitrogens is 1. The molecule has 10 heteroatoms. The number of carbonyl (C=O) groups excluding carboxylic acids is 1. The number of hydrogen-bond donors (Lipinski definition) is 3. The first-order valence-electron chi connectivity index (χ1n) is 8.25. The van der Waals surface area contributed by atoms with E-state index in [1.54, 1.807) is 0 Å². The van der Waals surface area contributed by atoms with Gasteiger partial charge in [0.15, 0.2) is 0 Å². The maximum Gasteiger partial charge on any atom is 0.490 e. The minimum absolute atomic E-state index is 0.130. The summed E-state index contributed by atoms with van der Waals surface area (Å²) in [4.78, 5) is 29.7. The first-order valence-corrected chi connectivity index (χ1v) is 8.25. The van der Waals surface area contributed by atoms with Crippen LogP contribution in [-0.2, 0) is 20.8 Å². The number of fused-ring (bicyclic) bond motifs is 1. The molecule has 4 N–H and O–H groups in total. The Bertz CT molecular complexity index is 785. The molecule has 3 rings (SSSR count). The van der Waals surface area contributed by atoms with E-state index in [1.807, 2.05) is 30.5 Å². The fourth-order valence-corrected chi connectivity index (χ4v) is 2.58. The van der Waals surface area contributed by atoms with E-state index in [0.29, 0.717) is 19.6 Å². The van der Waals surface area contributed by atoms with E-state index in [2.05, 4.69) is 4.98 Å². The van der Waals surface area contributed by atoms with Crippen LogP contribution in [0.15, 0.2) is 30.5 Å². The zero-order valence-electron chi connectivity index (χ0n) is 14.3. The van der Waals surface area contributed by atoms with Crippen LogP contribution in [0.25, 0.3) is 10.9 Å². The number of carboxylic acids is 1. The van der Waals surface area contributed by atoms with Crippen LogP contribution >= 0.6 is 0 Å². The summed E-state index contributed by atoms with van der Waals surface area (Å²) in [6.45, 7) is 1.24. The zero-order chi connectivity index (χ0) is 20.0. The largest absolute Gasteiger partial charge is 0.490 e. The zero-order valence-corrected chi connectivity index (χ0v) is 14.3. The molecule has 0 bridgehead atoms. The highest BCUT2D eigenvalue weighted by molar-refractivity contribution is 5.85. The molecule has 1 aromatic carbocycles. The topological polar surface area (TPSA) is 109 Å². The Kier molecular flexibility index (Phi) is 6.81. The lowest BCUT2D eigenvalue weighted by Gasteiger charge is -2.28. The Morgan fingerprint density at radius 1 is 1.30 bits per heavy atom. The van der Waals surface area contributed by atoms with Gasteiger partial charge in [-0.25, -0.2) is 9.86 Å². The number of nitrogens with one attached hydrogen (secondary N) is 1. The quantitative estimate of drug-likeness (QED) is 0.748. The summed E-state index contributed by atoms with van der Waals surface area (Å²) < 4.78 is 31.7. The summed E-state index contributed by atoms with van der Waals surface area (Å²) >= 11 is 0. The van der Waals surface area contributed by atoms with Crippen molar-refractivity contribution in [2.45, 2.75) is 31.5 Å². The van der Waals surface area contributed by atoms with Crippen molar-refractivity contribution in [2.24, 2.45) is 5.73 Å². The molecule has 1 amide bonds. The van der Waals surface area contributed by atoms with Crippen molar-refractivity contribution in [1.29, 1.82) is 0 Å². The van der Waals surface area contributed by atoms with Crippen LogP contribution in [0, 0.1) is 0 Å². The highest BCUT2D eigenvalue weighted by Crippen LogP contribution is 2.19. The van der Waals surface area contributed by atoms with Crippen molar-refractivity contribution >= 4 is 22.8 Å². The van der Waals surface area contributed by atoms with Crippen molar-refractivity contribution in [1.82, 2.24) is 10.0 Å². The summed E-state index contributed by atoms with van der Waals surface area (Å²) in [6.07, 6.45) is -0.662. The van der Waals surface area contributed by atoms with Crippen LogP contribution in [0.1, 0.15) is 18.4 Å². The van der Waals surface area contributed by atoms with E-state index in [1.165, 1.54) is 5.06 Å². The Morgan fingerprint density at radius 2 is 1.96 bits per heavy atom. The van der Waals surface area contributed by atoms with Gasteiger partial charge in [-0.1, -0.05) is 18.2 Å². The second-order valence-electron chi connectivity index (χ2n) is 5.95. The molecular weight excluding hydrogens is 367 g/mol. The number of carbonyl (C=O) groups is 2. The molecule has 0 saturated carbocycles. The average molecular weight is 387 g/mol. The molecule has 0 radical (unpaired) electrons. The van der Waals surface area contributed by atoms with E-state index in [9.17, 15) is 18.0 Å². The first-order chi connectivity index (χ1) is 12.7. The lowest BCUT2D eigenvalue weighted by molar-refractivity contribution is -0.198. The molecule has 7 nitrogen and oxygen atoms in total. The minimum Gasteiger partial charge on any atom is -0.475 e. The van der Waals surface area contributed by atoms with Crippen LogP contribution in [0.3, 0.4) is 0 Å². The molecule has 1 fully saturated rings. The lowest BCUT2D eigenvalue weighted by Crippen LogP contribution is -2.46.